The molecule has 3 N–H and O–H groups in total. The predicted molar refractivity (Wildman–Crippen MR) is 71.6 cm³/mol. The minimum Gasteiger partial charge on any atom is -0.395 e. The van der Waals surface area contributed by atoms with Crippen LogP contribution in [0.4, 0.5) is 11.6 Å². The zero-order valence-corrected chi connectivity index (χ0v) is 10.5. The van der Waals surface area contributed by atoms with Crippen LogP contribution in [0.15, 0.2) is 24.3 Å². The number of anilines is 2. The maximum atomic E-state index is 8.74. The van der Waals surface area contributed by atoms with E-state index < -0.39 is 0 Å². The van der Waals surface area contributed by atoms with Crippen LogP contribution in [0, 0.1) is 0 Å². The van der Waals surface area contributed by atoms with Crippen molar-refractivity contribution in [3.05, 3.63) is 24.3 Å². The van der Waals surface area contributed by atoms with Crippen molar-refractivity contribution in [1.82, 2.24) is 14.8 Å². The lowest BCUT2D eigenvalue weighted by Crippen LogP contribution is -2.05. The largest absolute Gasteiger partial charge is 0.395 e. The van der Waals surface area contributed by atoms with Gasteiger partial charge in [-0.25, -0.2) is 0 Å². The highest BCUT2D eigenvalue weighted by molar-refractivity contribution is 5.61. The van der Waals surface area contributed by atoms with E-state index >= 15 is 0 Å². The zero-order chi connectivity index (χ0) is 13.0. The van der Waals surface area contributed by atoms with Crippen molar-refractivity contribution >= 4 is 11.6 Å². The average Bonchev–Trinajstić information content (AvgIpc) is 2.78. The number of aromatic nitrogens is 3. The lowest BCUT2D eigenvalue weighted by atomic mass is 10.2. The van der Waals surface area contributed by atoms with E-state index in [4.69, 9.17) is 5.11 Å². The Hall–Kier alpha value is -2.08. The molecule has 1 aromatic carbocycles. The average molecular weight is 247 g/mol. The Morgan fingerprint density at radius 1 is 1.22 bits per heavy atom. The Bertz CT molecular complexity index is 506. The first kappa shape index (κ1) is 12.4. The summed E-state index contributed by atoms with van der Waals surface area (Å²) in [6, 6.07) is 7.86. The van der Waals surface area contributed by atoms with Crippen molar-refractivity contribution < 1.29 is 5.11 Å². The monoisotopic (exact) mass is 247 g/mol. The molecule has 0 aliphatic carbocycles. The van der Waals surface area contributed by atoms with Gasteiger partial charge in [0.25, 0.3) is 0 Å². The van der Waals surface area contributed by atoms with E-state index in [1.165, 1.54) is 0 Å². The molecule has 96 valence electrons. The van der Waals surface area contributed by atoms with Gasteiger partial charge in [0.05, 0.1) is 6.61 Å². The van der Waals surface area contributed by atoms with Gasteiger partial charge in [-0.3, -0.25) is 4.57 Å². The maximum absolute atomic E-state index is 8.74. The number of aliphatic hydroxyl groups excluding tert-OH is 1. The van der Waals surface area contributed by atoms with Crippen molar-refractivity contribution in [3.8, 4) is 11.4 Å². The summed E-state index contributed by atoms with van der Waals surface area (Å²) in [5.41, 5.74) is 1.98. The molecule has 0 radical (unpaired) electrons. The summed E-state index contributed by atoms with van der Waals surface area (Å²) in [7, 11) is 3.73. The fourth-order valence-electron chi connectivity index (χ4n) is 1.74. The topological polar surface area (TPSA) is 75.0 Å². The van der Waals surface area contributed by atoms with Gasteiger partial charge in [-0.05, 0) is 24.3 Å². The van der Waals surface area contributed by atoms with Gasteiger partial charge in [-0.1, -0.05) is 0 Å². The second kappa shape index (κ2) is 5.50. The Labute approximate surface area is 106 Å². The fraction of sp³-hybridized carbons (Fsp3) is 0.333. The standard InChI is InChI=1S/C12H17N5O/c1-13-12-16-15-11(17(12)2)9-3-5-10(6-4-9)14-7-8-18/h3-6,14,18H,7-8H2,1-2H3,(H,13,16). The normalized spacial score (nSPS) is 10.4. The smallest absolute Gasteiger partial charge is 0.224 e. The van der Waals surface area contributed by atoms with E-state index in [-0.39, 0.29) is 6.61 Å². The highest BCUT2D eigenvalue weighted by atomic mass is 16.3. The van der Waals surface area contributed by atoms with Crippen LogP contribution in [0.25, 0.3) is 11.4 Å². The molecule has 2 rings (SSSR count). The van der Waals surface area contributed by atoms with Crippen LogP contribution in [0.5, 0.6) is 0 Å². The van der Waals surface area contributed by atoms with Gasteiger partial charge in [-0.2, -0.15) is 0 Å². The van der Waals surface area contributed by atoms with Crippen LogP contribution in [0.1, 0.15) is 0 Å². The zero-order valence-electron chi connectivity index (χ0n) is 10.5. The summed E-state index contributed by atoms with van der Waals surface area (Å²) >= 11 is 0. The lowest BCUT2D eigenvalue weighted by Gasteiger charge is -2.06. The third-order valence-corrected chi connectivity index (χ3v) is 2.68. The third kappa shape index (κ3) is 2.43. The SMILES string of the molecule is CNc1nnc(-c2ccc(NCCO)cc2)n1C. The molecule has 0 saturated heterocycles. The van der Waals surface area contributed by atoms with E-state index in [9.17, 15) is 0 Å². The molecule has 0 amide bonds. The maximum Gasteiger partial charge on any atom is 0.224 e. The molecule has 1 heterocycles. The van der Waals surface area contributed by atoms with Gasteiger partial charge in [0.15, 0.2) is 5.82 Å². The number of nitrogens with zero attached hydrogens (tertiary/aromatic N) is 3. The van der Waals surface area contributed by atoms with E-state index in [2.05, 4.69) is 20.8 Å². The van der Waals surface area contributed by atoms with E-state index in [0.29, 0.717) is 6.54 Å². The van der Waals surface area contributed by atoms with Gasteiger partial charge in [0, 0.05) is 31.9 Å². The van der Waals surface area contributed by atoms with Gasteiger partial charge < -0.3 is 15.7 Å². The molecule has 0 bridgehead atoms. The van der Waals surface area contributed by atoms with Crippen molar-refractivity contribution in [2.45, 2.75) is 0 Å². The van der Waals surface area contributed by atoms with Crippen LogP contribution < -0.4 is 10.6 Å². The van der Waals surface area contributed by atoms with Gasteiger partial charge in [-0.15, -0.1) is 10.2 Å². The Balaban J connectivity index is 2.20. The summed E-state index contributed by atoms with van der Waals surface area (Å²) in [6.45, 7) is 0.670. The number of rotatable bonds is 5. The molecular weight excluding hydrogens is 230 g/mol. The first-order chi connectivity index (χ1) is 8.76. The molecule has 2 aromatic rings. The molecule has 18 heavy (non-hydrogen) atoms. The number of benzene rings is 1. The van der Waals surface area contributed by atoms with E-state index in [1.54, 1.807) is 0 Å². The highest BCUT2D eigenvalue weighted by Crippen LogP contribution is 2.20. The molecule has 0 aliphatic heterocycles. The van der Waals surface area contributed by atoms with Crippen LogP contribution >= 0.6 is 0 Å². The molecule has 0 saturated carbocycles. The van der Waals surface area contributed by atoms with Gasteiger partial charge in [0.1, 0.15) is 0 Å². The summed E-state index contributed by atoms with van der Waals surface area (Å²) in [5.74, 6) is 1.54. The second-order valence-corrected chi connectivity index (χ2v) is 3.88. The van der Waals surface area contributed by atoms with Crippen molar-refractivity contribution in [2.75, 3.05) is 30.8 Å². The Morgan fingerprint density at radius 3 is 2.50 bits per heavy atom. The van der Waals surface area contributed by atoms with Crippen molar-refractivity contribution in [3.63, 3.8) is 0 Å². The molecule has 1 aromatic heterocycles. The summed E-state index contributed by atoms with van der Waals surface area (Å²) in [6.07, 6.45) is 0. The molecule has 6 heteroatoms. The summed E-state index contributed by atoms with van der Waals surface area (Å²) < 4.78 is 1.90. The quantitative estimate of drug-likeness (QED) is 0.733. The Kier molecular flexibility index (Phi) is 3.78. The highest BCUT2D eigenvalue weighted by Gasteiger charge is 2.08. The molecule has 0 atom stereocenters. The third-order valence-electron chi connectivity index (χ3n) is 2.68. The lowest BCUT2D eigenvalue weighted by molar-refractivity contribution is 0.311. The second-order valence-electron chi connectivity index (χ2n) is 3.88. The number of aliphatic hydroxyl groups is 1. The van der Waals surface area contributed by atoms with Crippen molar-refractivity contribution in [1.29, 1.82) is 0 Å². The minimum atomic E-state index is 0.122. The molecular formula is C12H17N5O. The molecule has 6 nitrogen and oxygen atoms in total. The predicted octanol–water partition coefficient (Wildman–Crippen LogP) is 0.928. The Morgan fingerprint density at radius 2 is 1.94 bits per heavy atom. The van der Waals surface area contributed by atoms with E-state index in [1.807, 2.05) is 42.9 Å². The van der Waals surface area contributed by atoms with E-state index in [0.717, 1.165) is 23.0 Å². The van der Waals surface area contributed by atoms with Gasteiger partial charge in [0.2, 0.25) is 5.95 Å². The molecule has 0 unspecified atom stereocenters. The van der Waals surface area contributed by atoms with Crippen LogP contribution in [0.3, 0.4) is 0 Å². The van der Waals surface area contributed by atoms with Crippen LogP contribution in [-0.2, 0) is 7.05 Å². The van der Waals surface area contributed by atoms with Crippen molar-refractivity contribution in [2.24, 2.45) is 7.05 Å². The van der Waals surface area contributed by atoms with Crippen LogP contribution in [0.2, 0.25) is 0 Å². The van der Waals surface area contributed by atoms with Crippen LogP contribution in [-0.4, -0.2) is 40.1 Å². The van der Waals surface area contributed by atoms with Gasteiger partial charge >= 0.3 is 0 Å². The first-order valence-corrected chi connectivity index (χ1v) is 5.78. The minimum absolute atomic E-state index is 0.122. The number of nitrogens with one attached hydrogen (secondary N) is 2. The number of hydrogen-bond acceptors (Lipinski definition) is 5. The number of hydrogen-bond donors (Lipinski definition) is 3. The summed E-state index contributed by atoms with van der Waals surface area (Å²) in [5, 5.41) is 23.0. The fourth-order valence-corrected chi connectivity index (χ4v) is 1.74. The molecule has 0 spiro atoms. The molecule has 0 fully saturated rings. The summed E-state index contributed by atoms with van der Waals surface area (Å²) in [4.78, 5) is 0. The first-order valence-electron chi connectivity index (χ1n) is 5.78. The molecule has 0 aliphatic rings.